The van der Waals surface area contributed by atoms with Gasteiger partial charge in [0.2, 0.25) is 0 Å². The number of carboxylic acid groups (broad SMARTS) is 1. The quantitative estimate of drug-likeness (QED) is 0.632. The van der Waals surface area contributed by atoms with Gasteiger partial charge in [-0.25, -0.2) is 4.79 Å². The number of thioether (sulfide) groups is 1. The van der Waals surface area contributed by atoms with Crippen molar-refractivity contribution >= 4 is 41.2 Å². The van der Waals surface area contributed by atoms with Crippen LogP contribution in [0.25, 0.3) is 0 Å². The number of ether oxygens (including phenoxy) is 1. The van der Waals surface area contributed by atoms with Gasteiger partial charge in [0.15, 0.2) is 6.61 Å². The van der Waals surface area contributed by atoms with Crippen LogP contribution in [-0.2, 0) is 4.79 Å². The lowest BCUT2D eigenvalue weighted by Crippen LogP contribution is -2.09. The van der Waals surface area contributed by atoms with Gasteiger partial charge in [0.1, 0.15) is 5.75 Å². The fourth-order valence-electron chi connectivity index (χ4n) is 1.73. The molecule has 0 radical (unpaired) electrons. The summed E-state index contributed by atoms with van der Waals surface area (Å²) in [5.41, 5.74) is 1.70. The normalized spacial score (nSPS) is 10.8. The second kappa shape index (κ2) is 7.87. The third kappa shape index (κ3) is 4.51. The van der Waals surface area contributed by atoms with Gasteiger partial charge in [-0.05, 0) is 42.2 Å². The molecule has 0 fully saturated rings. The van der Waals surface area contributed by atoms with Gasteiger partial charge in [0.25, 0.3) is 0 Å². The lowest BCUT2D eigenvalue weighted by Gasteiger charge is -2.06. The Bertz CT molecular complexity index is 704. The minimum atomic E-state index is -1.05. The molecule has 6 heteroatoms. The van der Waals surface area contributed by atoms with Crippen LogP contribution < -0.4 is 4.74 Å². The number of hydrogen-bond donors (Lipinski definition) is 1. The molecular formula is C16H14ClNO3S. The molecule has 4 nitrogen and oxygen atoms in total. The van der Waals surface area contributed by atoms with Gasteiger partial charge in [-0.1, -0.05) is 23.7 Å². The molecule has 2 aromatic carbocycles. The van der Waals surface area contributed by atoms with Crippen molar-refractivity contribution in [3.8, 4) is 5.75 Å². The second-order valence-corrected chi connectivity index (χ2v) is 5.56. The Morgan fingerprint density at radius 2 is 2.14 bits per heavy atom. The third-order valence-corrected chi connectivity index (χ3v) is 3.83. The van der Waals surface area contributed by atoms with E-state index in [1.807, 2.05) is 30.5 Å². The highest BCUT2D eigenvalue weighted by atomic mass is 35.5. The van der Waals surface area contributed by atoms with E-state index >= 15 is 0 Å². The number of nitrogens with zero attached hydrogens (tertiary/aromatic N) is 1. The SMILES string of the molecule is CSc1ccccc1N=Cc1ccc(OCC(=O)O)c(Cl)c1. The summed E-state index contributed by atoms with van der Waals surface area (Å²) in [6.07, 6.45) is 3.71. The van der Waals surface area contributed by atoms with Crippen LogP contribution in [0.1, 0.15) is 5.56 Å². The second-order valence-electron chi connectivity index (χ2n) is 4.30. The van der Waals surface area contributed by atoms with Gasteiger partial charge in [0, 0.05) is 11.1 Å². The number of para-hydroxylation sites is 1. The van der Waals surface area contributed by atoms with E-state index in [2.05, 4.69) is 4.99 Å². The maximum absolute atomic E-state index is 10.5. The largest absolute Gasteiger partial charge is 0.480 e. The molecule has 114 valence electrons. The van der Waals surface area contributed by atoms with E-state index in [-0.39, 0.29) is 0 Å². The highest BCUT2D eigenvalue weighted by Gasteiger charge is 2.05. The van der Waals surface area contributed by atoms with E-state index in [4.69, 9.17) is 21.4 Å². The van der Waals surface area contributed by atoms with Gasteiger partial charge >= 0.3 is 5.97 Å². The zero-order valence-electron chi connectivity index (χ0n) is 11.8. The molecule has 0 heterocycles. The molecular weight excluding hydrogens is 322 g/mol. The molecule has 0 aromatic heterocycles. The minimum Gasteiger partial charge on any atom is -0.480 e. The van der Waals surface area contributed by atoms with Crippen molar-refractivity contribution in [3.05, 3.63) is 53.1 Å². The Morgan fingerprint density at radius 3 is 2.82 bits per heavy atom. The molecule has 0 saturated carbocycles. The summed E-state index contributed by atoms with van der Waals surface area (Å²) >= 11 is 7.70. The number of aliphatic carboxylic acids is 1. The van der Waals surface area contributed by atoms with Gasteiger partial charge in [-0.2, -0.15) is 0 Å². The van der Waals surface area contributed by atoms with Gasteiger partial charge in [-0.15, -0.1) is 11.8 Å². The first-order valence-corrected chi connectivity index (χ1v) is 8.01. The number of benzene rings is 2. The molecule has 0 aliphatic heterocycles. The molecule has 0 bridgehead atoms. The van der Waals surface area contributed by atoms with Crippen LogP contribution in [0.3, 0.4) is 0 Å². The summed E-state index contributed by atoms with van der Waals surface area (Å²) in [7, 11) is 0. The molecule has 1 N–H and O–H groups in total. The van der Waals surface area contributed by atoms with Crippen LogP contribution in [0.15, 0.2) is 52.4 Å². The highest BCUT2D eigenvalue weighted by molar-refractivity contribution is 7.98. The van der Waals surface area contributed by atoms with Crippen LogP contribution in [0, 0.1) is 0 Å². The van der Waals surface area contributed by atoms with Gasteiger partial charge in [-0.3, -0.25) is 4.99 Å². The number of aliphatic imine (C=N–C) groups is 1. The van der Waals surface area contributed by atoms with Crippen molar-refractivity contribution in [1.29, 1.82) is 0 Å². The summed E-state index contributed by atoms with van der Waals surface area (Å²) < 4.78 is 5.07. The molecule has 22 heavy (non-hydrogen) atoms. The fraction of sp³-hybridized carbons (Fsp3) is 0.125. The Morgan fingerprint density at radius 1 is 1.36 bits per heavy atom. The first-order valence-electron chi connectivity index (χ1n) is 6.41. The number of carbonyl (C=O) groups is 1. The number of halogens is 1. The topological polar surface area (TPSA) is 58.9 Å². The standard InChI is InChI=1S/C16H14ClNO3S/c1-22-15-5-3-2-4-13(15)18-9-11-6-7-14(12(17)8-11)21-10-16(19)20/h2-9H,10H2,1H3,(H,19,20). The summed E-state index contributed by atoms with van der Waals surface area (Å²) in [6.45, 7) is -0.422. The monoisotopic (exact) mass is 335 g/mol. The average molecular weight is 336 g/mol. The van der Waals surface area contributed by atoms with E-state index < -0.39 is 12.6 Å². The average Bonchev–Trinajstić information content (AvgIpc) is 2.52. The van der Waals surface area contributed by atoms with Crippen molar-refractivity contribution in [1.82, 2.24) is 0 Å². The van der Waals surface area contributed by atoms with Gasteiger partial charge < -0.3 is 9.84 Å². The molecule has 0 atom stereocenters. The fourth-order valence-corrected chi connectivity index (χ4v) is 2.52. The van der Waals surface area contributed by atoms with E-state index in [9.17, 15) is 4.79 Å². The Balaban J connectivity index is 2.15. The maximum atomic E-state index is 10.5. The zero-order valence-corrected chi connectivity index (χ0v) is 13.4. The number of carboxylic acids is 1. The van der Waals surface area contributed by atoms with Crippen molar-refractivity contribution in [2.45, 2.75) is 4.90 Å². The van der Waals surface area contributed by atoms with E-state index in [1.54, 1.807) is 36.2 Å². The summed E-state index contributed by atoms with van der Waals surface area (Å²) in [5.74, 6) is -0.707. The van der Waals surface area contributed by atoms with Crippen molar-refractivity contribution in [2.75, 3.05) is 12.9 Å². The number of rotatable bonds is 6. The third-order valence-electron chi connectivity index (χ3n) is 2.74. The van der Waals surface area contributed by atoms with E-state index in [1.165, 1.54) is 0 Å². The van der Waals surface area contributed by atoms with E-state index in [0.717, 1.165) is 16.1 Å². The van der Waals surface area contributed by atoms with Crippen LogP contribution in [0.4, 0.5) is 5.69 Å². The molecule has 0 unspecified atom stereocenters. The van der Waals surface area contributed by atoms with Crippen molar-refractivity contribution < 1.29 is 14.6 Å². The first-order chi connectivity index (χ1) is 10.6. The molecule has 0 aliphatic rings. The van der Waals surface area contributed by atoms with Gasteiger partial charge in [0.05, 0.1) is 10.7 Å². The maximum Gasteiger partial charge on any atom is 0.341 e. The van der Waals surface area contributed by atoms with Crippen molar-refractivity contribution in [2.24, 2.45) is 4.99 Å². The van der Waals surface area contributed by atoms with E-state index in [0.29, 0.717) is 10.8 Å². The highest BCUT2D eigenvalue weighted by Crippen LogP contribution is 2.28. The molecule has 0 amide bonds. The summed E-state index contributed by atoms with van der Waals surface area (Å²) in [5, 5.41) is 8.94. The minimum absolute atomic E-state index is 0.339. The Labute approximate surface area is 137 Å². The van der Waals surface area contributed by atoms with Crippen molar-refractivity contribution in [3.63, 3.8) is 0 Å². The molecule has 0 spiro atoms. The molecule has 2 aromatic rings. The summed E-state index contributed by atoms with van der Waals surface area (Å²) in [6, 6.07) is 12.9. The molecule has 0 saturated heterocycles. The zero-order chi connectivity index (χ0) is 15.9. The first kappa shape index (κ1) is 16.4. The van der Waals surface area contributed by atoms with Crippen LogP contribution in [0.5, 0.6) is 5.75 Å². The Hall–Kier alpha value is -1.98. The molecule has 2 rings (SSSR count). The smallest absolute Gasteiger partial charge is 0.341 e. The number of hydrogen-bond acceptors (Lipinski definition) is 4. The lowest BCUT2D eigenvalue weighted by atomic mass is 10.2. The Kier molecular flexibility index (Phi) is 5.86. The molecule has 0 aliphatic carbocycles. The lowest BCUT2D eigenvalue weighted by molar-refractivity contribution is -0.139. The van der Waals surface area contributed by atoms with Crippen LogP contribution in [-0.4, -0.2) is 30.2 Å². The van der Waals surface area contributed by atoms with Crippen LogP contribution in [0.2, 0.25) is 5.02 Å². The summed E-state index contributed by atoms with van der Waals surface area (Å²) in [4.78, 5) is 16.0. The predicted octanol–water partition coefficient (Wildman–Crippen LogP) is 4.28. The van der Waals surface area contributed by atoms with Crippen LogP contribution >= 0.6 is 23.4 Å². The predicted molar refractivity (Wildman–Crippen MR) is 90.1 cm³/mol.